The van der Waals surface area contributed by atoms with Crippen molar-refractivity contribution in [1.82, 2.24) is 5.32 Å². The molecular formula is C25H25NO4. The van der Waals surface area contributed by atoms with Crippen LogP contribution < -0.4 is 5.32 Å². The van der Waals surface area contributed by atoms with Crippen LogP contribution in [-0.4, -0.2) is 36.2 Å². The summed E-state index contributed by atoms with van der Waals surface area (Å²) in [7, 11) is 0. The van der Waals surface area contributed by atoms with E-state index in [-0.39, 0.29) is 36.0 Å². The molecule has 0 radical (unpaired) electrons. The molecule has 1 N–H and O–H groups in total. The summed E-state index contributed by atoms with van der Waals surface area (Å²) in [6, 6.07) is 19.2. The van der Waals surface area contributed by atoms with Gasteiger partial charge < -0.3 is 14.8 Å². The Morgan fingerprint density at radius 2 is 1.13 bits per heavy atom. The zero-order valence-corrected chi connectivity index (χ0v) is 16.6. The number of esters is 2. The molecule has 4 fully saturated rings. The molecule has 0 spiro atoms. The Morgan fingerprint density at radius 3 is 1.57 bits per heavy atom. The van der Waals surface area contributed by atoms with Crippen molar-refractivity contribution in [1.29, 1.82) is 0 Å². The van der Waals surface area contributed by atoms with E-state index in [1.54, 1.807) is 24.3 Å². The van der Waals surface area contributed by atoms with Crippen LogP contribution in [0.25, 0.3) is 0 Å². The molecule has 2 aromatic carbocycles. The third kappa shape index (κ3) is 2.72. The van der Waals surface area contributed by atoms with Crippen molar-refractivity contribution in [2.24, 2.45) is 23.7 Å². The second kappa shape index (κ2) is 6.95. The van der Waals surface area contributed by atoms with Gasteiger partial charge in [-0.25, -0.2) is 9.59 Å². The third-order valence-corrected chi connectivity index (χ3v) is 7.80. The number of carbonyl (C=O) groups is 2. The van der Waals surface area contributed by atoms with Crippen LogP contribution in [0.1, 0.15) is 40.0 Å². The molecular weight excluding hydrogens is 378 g/mol. The number of hydrogen-bond acceptors (Lipinski definition) is 5. The largest absolute Gasteiger partial charge is 0.455 e. The molecule has 8 atom stereocenters. The van der Waals surface area contributed by atoms with E-state index in [9.17, 15) is 9.59 Å². The monoisotopic (exact) mass is 403 g/mol. The molecule has 6 rings (SSSR count). The van der Waals surface area contributed by atoms with Crippen LogP contribution in [0.15, 0.2) is 60.7 Å². The minimum atomic E-state index is -0.377. The molecule has 0 amide bonds. The molecule has 5 nitrogen and oxygen atoms in total. The number of hydrogen-bond donors (Lipinski definition) is 1. The summed E-state index contributed by atoms with van der Waals surface area (Å²) in [6.45, 7) is 0. The highest BCUT2D eigenvalue weighted by Crippen LogP contribution is 2.62. The highest BCUT2D eigenvalue weighted by Gasteiger charge is 2.68. The van der Waals surface area contributed by atoms with E-state index in [0.29, 0.717) is 35.0 Å². The van der Waals surface area contributed by atoms with Gasteiger partial charge in [0.05, 0.1) is 11.1 Å². The quantitative estimate of drug-likeness (QED) is 0.792. The van der Waals surface area contributed by atoms with E-state index in [0.717, 1.165) is 6.42 Å². The van der Waals surface area contributed by atoms with Gasteiger partial charge in [-0.05, 0) is 55.4 Å². The van der Waals surface area contributed by atoms with E-state index in [1.165, 1.54) is 12.8 Å². The molecule has 2 saturated heterocycles. The Balaban J connectivity index is 1.28. The number of rotatable bonds is 4. The third-order valence-electron chi connectivity index (χ3n) is 7.80. The lowest BCUT2D eigenvalue weighted by molar-refractivity contribution is -0.0823. The first-order chi connectivity index (χ1) is 14.7. The van der Waals surface area contributed by atoms with Gasteiger partial charge in [0.1, 0.15) is 12.2 Å². The zero-order chi connectivity index (χ0) is 20.2. The van der Waals surface area contributed by atoms with E-state index in [4.69, 9.17) is 9.47 Å². The number of benzene rings is 2. The van der Waals surface area contributed by atoms with Crippen LogP contribution in [-0.2, 0) is 9.47 Å². The smallest absolute Gasteiger partial charge is 0.338 e. The molecule has 2 aromatic rings. The summed E-state index contributed by atoms with van der Waals surface area (Å²) in [5.41, 5.74) is 1.08. The van der Waals surface area contributed by atoms with Gasteiger partial charge in [0.2, 0.25) is 0 Å². The Labute approximate surface area is 175 Å². The van der Waals surface area contributed by atoms with Crippen molar-refractivity contribution in [3.63, 3.8) is 0 Å². The molecule has 0 aromatic heterocycles. The van der Waals surface area contributed by atoms with Crippen LogP contribution in [0.5, 0.6) is 0 Å². The van der Waals surface area contributed by atoms with Crippen LogP contribution in [0.2, 0.25) is 0 Å². The number of fused-ring (bicyclic) bond motifs is 9. The van der Waals surface area contributed by atoms with E-state index in [1.807, 2.05) is 36.4 Å². The molecule has 4 bridgehead atoms. The van der Waals surface area contributed by atoms with E-state index < -0.39 is 0 Å². The van der Waals surface area contributed by atoms with Crippen molar-refractivity contribution in [3.8, 4) is 0 Å². The maximum absolute atomic E-state index is 12.9. The molecule has 2 heterocycles. The predicted molar refractivity (Wildman–Crippen MR) is 110 cm³/mol. The topological polar surface area (TPSA) is 64.6 Å². The number of ether oxygens (including phenoxy) is 2. The van der Waals surface area contributed by atoms with Gasteiger partial charge >= 0.3 is 11.9 Å². The van der Waals surface area contributed by atoms with E-state index >= 15 is 0 Å². The fraction of sp³-hybridized carbons (Fsp3) is 0.440. The van der Waals surface area contributed by atoms with Crippen molar-refractivity contribution >= 4 is 11.9 Å². The Morgan fingerprint density at radius 1 is 0.700 bits per heavy atom. The summed E-state index contributed by atoms with van der Waals surface area (Å²) in [5.74, 6) is 0.888. The average molecular weight is 403 g/mol. The van der Waals surface area contributed by atoms with Gasteiger partial charge in [-0.15, -0.1) is 0 Å². The second-order valence-electron chi connectivity index (χ2n) is 9.15. The lowest BCUT2D eigenvalue weighted by atomic mass is 9.69. The number of nitrogens with one attached hydrogen (secondary N) is 1. The van der Waals surface area contributed by atoms with Crippen LogP contribution in [0, 0.1) is 23.7 Å². The van der Waals surface area contributed by atoms with Crippen molar-refractivity contribution < 1.29 is 19.1 Å². The van der Waals surface area contributed by atoms with E-state index in [2.05, 4.69) is 5.32 Å². The average Bonchev–Trinajstić information content (AvgIpc) is 3.55. The molecule has 2 aliphatic heterocycles. The Hall–Kier alpha value is -2.66. The molecule has 30 heavy (non-hydrogen) atoms. The predicted octanol–water partition coefficient (Wildman–Crippen LogP) is 3.45. The fourth-order valence-corrected chi connectivity index (χ4v) is 6.77. The molecule has 154 valence electrons. The van der Waals surface area contributed by atoms with Gasteiger partial charge in [0, 0.05) is 23.9 Å². The summed E-state index contributed by atoms with van der Waals surface area (Å²) in [4.78, 5) is 25.7. The number of carbonyl (C=O) groups excluding carboxylic acids is 2. The fourth-order valence-electron chi connectivity index (χ4n) is 6.77. The van der Waals surface area contributed by atoms with Gasteiger partial charge in [-0.2, -0.15) is 0 Å². The summed E-state index contributed by atoms with van der Waals surface area (Å²) in [6.07, 6.45) is 2.62. The molecule has 4 aliphatic rings. The van der Waals surface area contributed by atoms with Crippen LogP contribution >= 0.6 is 0 Å². The first kappa shape index (κ1) is 18.1. The Bertz CT molecular complexity index is 884. The maximum atomic E-state index is 12.9. The van der Waals surface area contributed by atoms with Crippen molar-refractivity contribution in [3.05, 3.63) is 71.8 Å². The Kier molecular flexibility index (Phi) is 4.20. The summed E-state index contributed by atoms with van der Waals surface area (Å²) >= 11 is 0. The van der Waals surface area contributed by atoms with Gasteiger partial charge in [-0.3, -0.25) is 0 Å². The molecule has 8 unspecified atom stereocenters. The summed E-state index contributed by atoms with van der Waals surface area (Å²) < 4.78 is 12.1. The minimum Gasteiger partial charge on any atom is -0.455 e. The second-order valence-corrected chi connectivity index (χ2v) is 9.15. The standard InChI is InChI=1S/C25H25NO4/c27-24(14-7-3-1-4-8-14)29-22-16-13-17(21-19-12-11-18(26-19)20(16)21)23(22)30-25(28)15-9-5-2-6-10-15/h1-10,16-23,26H,11-13H2. The van der Waals surface area contributed by atoms with Crippen molar-refractivity contribution in [2.45, 2.75) is 43.6 Å². The molecule has 5 heteroatoms. The normalized spacial score (nSPS) is 37.7. The highest BCUT2D eigenvalue weighted by atomic mass is 16.6. The zero-order valence-electron chi connectivity index (χ0n) is 16.6. The molecule has 2 saturated carbocycles. The van der Waals surface area contributed by atoms with Crippen molar-refractivity contribution in [2.75, 3.05) is 0 Å². The van der Waals surface area contributed by atoms with Gasteiger partial charge in [-0.1, -0.05) is 36.4 Å². The highest BCUT2D eigenvalue weighted by molar-refractivity contribution is 5.90. The van der Waals surface area contributed by atoms with Crippen LogP contribution in [0.4, 0.5) is 0 Å². The minimum absolute atomic E-state index is 0.254. The molecule has 2 aliphatic carbocycles. The lowest BCUT2D eigenvalue weighted by Crippen LogP contribution is -2.49. The summed E-state index contributed by atoms with van der Waals surface area (Å²) in [5, 5.41) is 3.76. The van der Waals surface area contributed by atoms with Gasteiger partial charge in [0.15, 0.2) is 0 Å². The first-order valence-corrected chi connectivity index (χ1v) is 11.0. The maximum Gasteiger partial charge on any atom is 0.338 e. The first-order valence-electron chi connectivity index (χ1n) is 11.0. The van der Waals surface area contributed by atoms with Crippen LogP contribution in [0.3, 0.4) is 0 Å². The lowest BCUT2D eigenvalue weighted by Gasteiger charge is -2.41. The van der Waals surface area contributed by atoms with Gasteiger partial charge in [0.25, 0.3) is 0 Å². The SMILES string of the molecule is O=C(OC1C2CC(C1OC(=O)c1ccccc1)C1C3CCC(N3)C21)c1ccccc1.